The number of carbonyl (C=O) groups is 2. The van der Waals surface area contributed by atoms with Crippen LogP contribution in [0.25, 0.3) is 0 Å². The quantitative estimate of drug-likeness (QED) is 0.218. The number of nitrogens with one attached hydrogen (secondary N) is 1. The van der Waals surface area contributed by atoms with Crippen molar-refractivity contribution in [2.24, 2.45) is 0 Å². The van der Waals surface area contributed by atoms with Gasteiger partial charge in [0.2, 0.25) is 5.91 Å². The topological polar surface area (TPSA) is 62.3 Å². The van der Waals surface area contributed by atoms with Gasteiger partial charge < -0.3 is 10.2 Å². The molecule has 2 rings (SSSR count). The molecule has 0 bridgehead atoms. The van der Waals surface area contributed by atoms with Gasteiger partial charge in [-0.2, -0.15) is 13.5 Å². The van der Waals surface area contributed by atoms with E-state index in [-0.39, 0.29) is 31.4 Å². The Hall–Kier alpha value is -2.86. The zero-order valence-corrected chi connectivity index (χ0v) is 22.6. The van der Waals surface area contributed by atoms with Crippen molar-refractivity contribution in [1.29, 1.82) is 0 Å². The van der Waals surface area contributed by atoms with Crippen LogP contribution in [-0.4, -0.2) is 40.8 Å². The number of unbranched alkanes of at least 4 members (excludes halogenated alkanes) is 1. The van der Waals surface area contributed by atoms with Crippen LogP contribution in [0.1, 0.15) is 75.2 Å². The Bertz CT molecular complexity index is 891. The van der Waals surface area contributed by atoms with E-state index in [4.69, 9.17) is 0 Å². The lowest BCUT2D eigenvalue weighted by Crippen LogP contribution is -2.38. The molecule has 0 aromatic carbocycles. The third-order valence-corrected chi connectivity index (χ3v) is 5.69. The fourth-order valence-corrected chi connectivity index (χ4v) is 3.76. The number of pyridine rings is 1. The average molecular weight is 510 g/mol. The van der Waals surface area contributed by atoms with Crippen molar-refractivity contribution in [3.63, 3.8) is 0 Å². The fourth-order valence-electron chi connectivity index (χ4n) is 3.76. The summed E-state index contributed by atoms with van der Waals surface area (Å²) in [6.07, 6.45) is 31.6. The summed E-state index contributed by atoms with van der Waals surface area (Å²) >= 11 is 0. The molecule has 2 heterocycles. The Labute approximate surface area is 224 Å². The molecule has 6 heteroatoms. The van der Waals surface area contributed by atoms with Crippen molar-refractivity contribution in [3.8, 4) is 0 Å². The summed E-state index contributed by atoms with van der Waals surface area (Å²) in [6, 6.07) is 5.27. The van der Waals surface area contributed by atoms with E-state index >= 15 is 0 Å². The maximum atomic E-state index is 12.5. The Morgan fingerprint density at radius 1 is 0.944 bits per heavy atom. The molecule has 1 atom stereocenters. The van der Waals surface area contributed by atoms with Gasteiger partial charge in [0.25, 0.3) is 5.91 Å². The minimum Gasteiger partial charge on any atom is -0.346 e. The second kappa shape index (κ2) is 20.3. The molecule has 0 spiro atoms. The van der Waals surface area contributed by atoms with Gasteiger partial charge in [-0.05, 0) is 63.5 Å². The van der Waals surface area contributed by atoms with E-state index in [9.17, 15) is 9.59 Å². The molecule has 2 amide bonds. The molecule has 0 saturated carbocycles. The Kier molecular flexibility index (Phi) is 17.6. The summed E-state index contributed by atoms with van der Waals surface area (Å²) in [5, 5.41) is 2.98. The van der Waals surface area contributed by atoms with Crippen molar-refractivity contribution in [2.75, 3.05) is 13.1 Å². The molecule has 1 N–H and O–H groups in total. The van der Waals surface area contributed by atoms with Crippen molar-refractivity contribution < 1.29 is 9.59 Å². The zero-order valence-electron chi connectivity index (χ0n) is 21.6. The molecule has 36 heavy (non-hydrogen) atoms. The molecule has 196 valence electrons. The fraction of sp³-hybridized carbons (Fsp3) is 0.433. The van der Waals surface area contributed by atoms with E-state index < -0.39 is 0 Å². The lowest BCUT2D eigenvalue weighted by molar-refractivity contribution is -0.130. The largest absolute Gasteiger partial charge is 0.346 e. The number of likely N-dealkylation sites (tertiary alicyclic amines) is 1. The van der Waals surface area contributed by atoms with Gasteiger partial charge in [-0.25, -0.2) is 0 Å². The molecular weight excluding hydrogens is 466 g/mol. The molecular formula is C30H43N3O2S. The number of allylic oxidation sites excluding steroid dienone is 10. The number of aromatic nitrogens is 1. The Morgan fingerprint density at radius 3 is 2.14 bits per heavy atom. The lowest BCUT2D eigenvalue weighted by atomic mass is 10.2. The first-order chi connectivity index (χ1) is 17.2. The summed E-state index contributed by atoms with van der Waals surface area (Å²) in [4.78, 5) is 30.6. The van der Waals surface area contributed by atoms with Crippen molar-refractivity contribution in [1.82, 2.24) is 15.2 Å². The van der Waals surface area contributed by atoms with Crippen LogP contribution in [0.15, 0.2) is 85.2 Å². The summed E-state index contributed by atoms with van der Waals surface area (Å²) < 4.78 is 0. The van der Waals surface area contributed by atoms with Crippen LogP contribution >= 0.6 is 13.5 Å². The third kappa shape index (κ3) is 13.9. The van der Waals surface area contributed by atoms with E-state index in [1.807, 2.05) is 4.90 Å². The first-order valence-corrected chi connectivity index (χ1v) is 12.9. The minimum absolute atomic E-state index is 0. The van der Waals surface area contributed by atoms with E-state index in [1.165, 1.54) is 0 Å². The maximum Gasteiger partial charge on any atom is 0.270 e. The number of nitrogens with zero attached hydrogens (tertiary/aromatic N) is 2. The summed E-state index contributed by atoms with van der Waals surface area (Å²) in [7, 11) is 0. The molecule has 0 radical (unpaired) electrons. The highest BCUT2D eigenvalue weighted by Crippen LogP contribution is 2.13. The second-order valence-corrected chi connectivity index (χ2v) is 8.61. The first kappa shape index (κ1) is 31.2. The smallest absolute Gasteiger partial charge is 0.270 e. The molecule has 0 unspecified atom stereocenters. The Morgan fingerprint density at radius 2 is 1.56 bits per heavy atom. The molecule has 1 aromatic heterocycles. The van der Waals surface area contributed by atoms with Gasteiger partial charge in [-0.1, -0.05) is 73.8 Å². The van der Waals surface area contributed by atoms with Gasteiger partial charge in [0.1, 0.15) is 5.69 Å². The first-order valence-electron chi connectivity index (χ1n) is 12.9. The van der Waals surface area contributed by atoms with Gasteiger partial charge in [0.05, 0.1) is 0 Å². The summed E-state index contributed by atoms with van der Waals surface area (Å²) in [6.45, 7) is 3.43. The van der Waals surface area contributed by atoms with Crippen molar-refractivity contribution in [2.45, 2.75) is 70.8 Å². The van der Waals surface area contributed by atoms with Gasteiger partial charge >= 0.3 is 0 Å². The number of hydrogen-bond acceptors (Lipinski definition) is 3. The number of rotatable bonds is 15. The highest BCUT2D eigenvalue weighted by molar-refractivity contribution is 7.59. The predicted molar refractivity (Wildman–Crippen MR) is 155 cm³/mol. The molecule has 1 fully saturated rings. The lowest BCUT2D eigenvalue weighted by Gasteiger charge is -2.17. The van der Waals surface area contributed by atoms with Crippen LogP contribution in [0.3, 0.4) is 0 Å². The van der Waals surface area contributed by atoms with Crippen LogP contribution in [0.2, 0.25) is 0 Å². The van der Waals surface area contributed by atoms with E-state index in [1.54, 1.807) is 24.4 Å². The Balaban J connectivity index is 0.00000648. The molecule has 0 aliphatic carbocycles. The molecule has 1 aliphatic rings. The van der Waals surface area contributed by atoms with Gasteiger partial charge in [0.15, 0.2) is 0 Å². The van der Waals surface area contributed by atoms with Crippen LogP contribution in [0.5, 0.6) is 0 Å². The SMILES string of the molecule is CC/C=C\C/C=C\C/C=C\C/C=C\C/C=C\CCCC(=O)N1CC[C@H](NC(=O)c2ccccn2)C1.S. The number of hydrogen-bond donors (Lipinski definition) is 1. The predicted octanol–water partition coefficient (Wildman–Crippen LogP) is 6.45. The maximum absolute atomic E-state index is 12.5. The average Bonchev–Trinajstić information content (AvgIpc) is 3.35. The third-order valence-electron chi connectivity index (χ3n) is 5.69. The second-order valence-electron chi connectivity index (χ2n) is 8.61. The van der Waals surface area contributed by atoms with Crippen LogP contribution in [0.4, 0.5) is 0 Å². The monoisotopic (exact) mass is 509 g/mol. The highest BCUT2D eigenvalue weighted by Gasteiger charge is 2.27. The van der Waals surface area contributed by atoms with Crippen molar-refractivity contribution >= 4 is 25.3 Å². The molecule has 1 saturated heterocycles. The van der Waals surface area contributed by atoms with Gasteiger partial charge in [-0.3, -0.25) is 14.6 Å². The van der Waals surface area contributed by atoms with Gasteiger partial charge in [0, 0.05) is 31.7 Å². The summed E-state index contributed by atoms with van der Waals surface area (Å²) in [5.74, 6) is -0.00442. The van der Waals surface area contributed by atoms with Crippen LogP contribution in [0, 0.1) is 0 Å². The van der Waals surface area contributed by atoms with E-state index in [2.05, 4.69) is 78.0 Å². The minimum atomic E-state index is -0.178. The normalized spacial score (nSPS) is 16.1. The number of amides is 2. The molecule has 1 aromatic rings. The van der Waals surface area contributed by atoms with Crippen molar-refractivity contribution in [3.05, 3.63) is 90.9 Å². The van der Waals surface area contributed by atoms with E-state index in [0.717, 1.165) is 51.4 Å². The molecule has 5 nitrogen and oxygen atoms in total. The summed E-state index contributed by atoms with van der Waals surface area (Å²) in [5.41, 5.74) is 0.411. The van der Waals surface area contributed by atoms with Crippen LogP contribution < -0.4 is 5.32 Å². The highest BCUT2D eigenvalue weighted by atomic mass is 32.1. The standard InChI is InChI=1S/C30H41N3O2.H2S/c1-2-3-4-5-6-7-8-9-10-11-12-13-14-15-16-17-18-22-29(34)33-25-23-27(26-33)32-30(35)28-21-19-20-24-31-28;/h3-4,6-7,9-10,12-13,15-16,19-21,24,27H,2,5,8,11,14,17-18,22-23,25-26H2,1H3,(H,32,35);1H2/b4-3-,7-6-,10-9-,13-12-,16-15-;/t27-;/m0./s1. The molecule has 1 aliphatic heterocycles. The zero-order chi connectivity index (χ0) is 25.0. The van der Waals surface area contributed by atoms with E-state index in [0.29, 0.717) is 25.2 Å². The van der Waals surface area contributed by atoms with Crippen LogP contribution in [-0.2, 0) is 4.79 Å². The van der Waals surface area contributed by atoms with Gasteiger partial charge in [-0.15, -0.1) is 0 Å². The number of carbonyl (C=O) groups excluding carboxylic acids is 2.